The molecule has 1 fully saturated rings. The van der Waals surface area contributed by atoms with E-state index in [0.717, 1.165) is 0 Å². The van der Waals surface area contributed by atoms with Crippen LogP contribution in [0.3, 0.4) is 0 Å². The van der Waals surface area contributed by atoms with Crippen LogP contribution in [0.25, 0.3) is 0 Å². The Labute approximate surface area is 126 Å². The van der Waals surface area contributed by atoms with Crippen LogP contribution in [0.5, 0.6) is 0 Å². The maximum atomic E-state index is 12.0. The second kappa shape index (κ2) is 8.12. The summed E-state index contributed by atoms with van der Waals surface area (Å²) in [6.45, 7) is 8.88. The molecule has 0 aliphatic carbocycles. The van der Waals surface area contributed by atoms with Gasteiger partial charge in [0.25, 0.3) is 0 Å². The molecule has 0 aromatic heterocycles. The van der Waals surface area contributed by atoms with E-state index >= 15 is 0 Å². The zero-order chi connectivity index (χ0) is 16.0. The summed E-state index contributed by atoms with van der Waals surface area (Å²) >= 11 is 0. The molecule has 1 N–H and O–H groups in total. The molecular formula is C15H26N2O4. The average molecular weight is 298 g/mol. The molecule has 1 heterocycles. The van der Waals surface area contributed by atoms with Crippen LogP contribution in [0.15, 0.2) is 0 Å². The van der Waals surface area contributed by atoms with Crippen LogP contribution in [-0.4, -0.2) is 48.9 Å². The van der Waals surface area contributed by atoms with Gasteiger partial charge in [0.2, 0.25) is 17.7 Å². The van der Waals surface area contributed by atoms with Gasteiger partial charge in [-0.15, -0.1) is 0 Å². The van der Waals surface area contributed by atoms with Crippen LogP contribution >= 0.6 is 0 Å². The minimum absolute atomic E-state index is 0.0451. The van der Waals surface area contributed by atoms with Gasteiger partial charge in [-0.1, -0.05) is 27.7 Å². The molecule has 0 spiro atoms. The largest absolute Gasteiger partial charge is 0.370 e. The highest BCUT2D eigenvalue weighted by Crippen LogP contribution is 2.25. The maximum absolute atomic E-state index is 12.0. The number of imide groups is 1. The minimum atomic E-state index is -0.216. The van der Waals surface area contributed by atoms with E-state index in [2.05, 4.69) is 5.32 Å². The van der Waals surface area contributed by atoms with Gasteiger partial charge >= 0.3 is 0 Å². The normalized spacial score (nSPS) is 19.0. The van der Waals surface area contributed by atoms with Crippen molar-refractivity contribution in [3.63, 3.8) is 0 Å². The predicted octanol–water partition coefficient (Wildman–Crippen LogP) is 0.806. The summed E-state index contributed by atoms with van der Waals surface area (Å²) in [7, 11) is 0. The quantitative estimate of drug-likeness (QED) is 0.531. The van der Waals surface area contributed by atoms with Gasteiger partial charge in [0.15, 0.2) is 0 Å². The first-order valence-corrected chi connectivity index (χ1v) is 7.51. The lowest BCUT2D eigenvalue weighted by molar-refractivity contribution is -0.140. The molecule has 6 heteroatoms. The van der Waals surface area contributed by atoms with Crippen molar-refractivity contribution >= 4 is 17.7 Å². The topological polar surface area (TPSA) is 75.7 Å². The summed E-state index contributed by atoms with van der Waals surface area (Å²) < 4.78 is 5.22. The zero-order valence-corrected chi connectivity index (χ0v) is 13.3. The molecule has 1 rings (SSSR count). The van der Waals surface area contributed by atoms with Crippen molar-refractivity contribution in [3.8, 4) is 0 Å². The van der Waals surface area contributed by atoms with Crippen LogP contribution in [-0.2, 0) is 19.1 Å². The van der Waals surface area contributed by atoms with E-state index in [-0.39, 0.29) is 55.7 Å². The second-order valence-electron chi connectivity index (χ2n) is 6.19. The third-order valence-electron chi connectivity index (χ3n) is 3.48. The maximum Gasteiger partial charge on any atom is 0.246 e. The fourth-order valence-corrected chi connectivity index (χ4v) is 2.15. The standard InChI is InChI=1S/C15H26N2O4/c1-10(2)8-16-13(18)9-21-6-5-17-14(19)7-12(11(3)4)15(17)20/h10-12H,5-9H2,1-4H3,(H,16,18). The fourth-order valence-electron chi connectivity index (χ4n) is 2.15. The Morgan fingerprint density at radius 3 is 2.52 bits per heavy atom. The number of likely N-dealkylation sites (tertiary alicyclic amines) is 1. The monoisotopic (exact) mass is 298 g/mol. The number of hydrogen-bond donors (Lipinski definition) is 1. The lowest BCUT2D eigenvalue weighted by Crippen LogP contribution is -2.36. The van der Waals surface area contributed by atoms with Gasteiger partial charge in [0, 0.05) is 18.9 Å². The average Bonchev–Trinajstić information content (AvgIpc) is 2.68. The number of carbonyl (C=O) groups is 3. The van der Waals surface area contributed by atoms with Gasteiger partial charge in [-0.05, 0) is 11.8 Å². The molecule has 1 atom stereocenters. The molecule has 0 radical (unpaired) electrons. The zero-order valence-electron chi connectivity index (χ0n) is 13.3. The summed E-state index contributed by atoms with van der Waals surface area (Å²) in [5.41, 5.74) is 0. The van der Waals surface area contributed by atoms with E-state index < -0.39 is 0 Å². The number of ether oxygens (including phenoxy) is 1. The Morgan fingerprint density at radius 2 is 2.00 bits per heavy atom. The lowest BCUT2D eigenvalue weighted by atomic mass is 9.94. The van der Waals surface area contributed by atoms with E-state index in [4.69, 9.17) is 4.74 Å². The van der Waals surface area contributed by atoms with Crippen LogP contribution in [0.4, 0.5) is 0 Å². The van der Waals surface area contributed by atoms with E-state index in [1.807, 2.05) is 27.7 Å². The van der Waals surface area contributed by atoms with Crippen molar-refractivity contribution in [2.45, 2.75) is 34.1 Å². The summed E-state index contributed by atoms with van der Waals surface area (Å²) in [5, 5.41) is 2.74. The molecule has 0 saturated carbocycles. The highest BCUT2D eigenvalue weighted by atomic mass is 16.5. The van der Waals surface area contributed by atoms with Crippen LogP contribution in [0, 0.1) is 17.8 Å². The van der Waals surface area contributed by atoms with Crippen molar-refractivity contribution in [3.05, 3.63) is 0 Å². The molecule has 120 valence electrons. The van der Waals surface area contributed by atoms with Gasteiger partial charge in [-0.25, -0.2) is 0 Å². The van der Waals surface area contributed by atoms with E-state index in [1.165, 1.54) is 4.90 Å². The third-order valence-corrected chi connectivity index (χ3v) is 3.48. The summed E-state index contributed by atoms with van der Waals surface area (Å²) in [4.78, 5) is 36.5. The Morgan fingerprint density at radius 1 is 1.33 bits per heavy atom. The molecule has 1 aliphatic heterocycles. The number of nitrogens with zero attached hydrogens (tertiary/aromatic N) is 1. The molecule has 0 aromatic rings. The van der Waals surface area contributed by atoms with E-state index in [1.54, 1.807) is 0 Å². The Hall–Kier alpha value is -1.43. The van der Waals surface area contributed by atoms with Crippen LogP contribution in [0.1, 0.15) is 34.1 Å². The lowest BCUT2D eigenvalue weighted by Gasteiger charge is -2.16. The molecule has 21 heavy (non-hydrogen) atoms. The Kier molecular flexibility index (Phi) is 6.81. The van der Waals surface area contributed by atoms with Crippen molar-refractivity contribution in [1.82, 2.24) is 10.2 Å². The van der Waals surface area contributed by atoms with Crippen molar-refractivity contribution in [1.29, 1.82) is 0 Å². The molecule has 6 nitrogen and oxygen atoms in total. The third kappa shape index (κ3) is 5.46. The molecule has 1 saturated heterocycles. The van der Waals surface area contributed by atoms with Crippen LogP contribution in [0.2, 0.25) is 0 Å². The molecule has 0 aromatic carbocycles. The first-order valence-electron chi connectivity index (χ1n) is 7.51. The number of amides is 3. The van der Waals surface area contributed by atoms with Crippen LogP contribution < -0.4 is 5.32 Å². The molecular weight excluding hydrogens is 272 g/mol. The van der Waals surface area contributed by atoms with Gasteiger partial charge < -0.3 is 10.1 Å². The Bertz CT molecular complexity index is 393. The Balaban J connectivity index is 2.25. The first kappa shape index (κ1) is 17.6. The van der Waals surface area contributed by atoms with E-state index in [0.29, 0.717) is 12.5 Å². The highest BCUT2D eigenvalue weighted by Gasteiger charge is 2.39. The van der Waals surface area contributed by atoms with Gasteiger partial charge in [-0.2, -0.15) is 0 Å². The molecule has 0 bridgehead atoms. The second-order valence-corrected chi connectivity index (χ2v) is 6.19. The predicted molar refractivity (Wildman–Crippen MR) is 78.3 cm³/mol. The molecule has 3 amide bonds. The first-order chi connectivity index (χ1) is 9.82. The van der Waals surface area contributed by atoms with Crippen molar-refractivity contribution in [2.75, 3.05) is 26.3 Å². The number of carbonyl (C=O) groups excluding carboxylic acids is 3. The highest BCUT2D eigenvalue weighted by molar-refractivity contribution is 6.03. The van der Waals surface area contributed by atoms with Gasteiger partial charge in [0.1, 0.15) is 6.61 Å². The minimum Gasteiger partial charge on any atom is -0.370 e. The number of rotatable bonds is 8. The molecule has 1 aliphatic rings. The summed E-state index contributed by atoms with van der Waals surface area (Å²) in [6.07, 6.45) is 0.283. The molecule has 1 unspecified atom stereocenters. The smallest absolute Gasteiger partial charge is 0.246 e. The number of hydrogen-bond acceptors (Lipinski definition) is 4. The summed E-state index contributed by atoms with van der Waals surface area (Å²) in [5.74, 6) is -0.111. The van der Waals surface area contributed by atoms with Gasteiger partial charge in [-0.3, -0.25) is 19.3 Å². The van der Waals surface area contributed by atoms with Gasteiger partial charge in [0.05, 0.1) is 13.2 Å². The van der Waals surface area contributed by atoms with Crippen molar-refractivity contribution < 1.29 is 19.1 Å². The van der Waals surface area contributed by atoms with Crippen molar-refractivity contribution in [2.24, 2.45) is 17.8 Å². The van der Waals surface area contributed by atoms with E-state index in [9.17, 15) is 14.4 Å². The fraction of sp³-hybridized carbons (Fsp3) is 0.800. The SMILES string of the molecule is CC(C)CNC(=O)COCCN1C(=O)CC(C(C)C)C1=O. The summed E-state index contributed by atoms with van der Waals surface area (Å²) in [6, 6.07) is 0. The number of nitrogens with one attached hydrogen (secondary N) is 1.